The molecule has 0 unspecified atom stereocenters. The third kappa shape index (κ3) is 4.20. The summed E-state index contributed by atoms with van der Waals surface area (Å²) in [6, 6.07) is 5.28. The van der Waals surface area contributed by atoms with Gasteiger partial charge in [0.25, 0.3) is 12.2 Å². The van der Waals surface area contributed by atoms with E-state index in [2.05, 4.69) is 38.8 Å². The van der Waals surface area contributed by atoms with E-state index in [1.165, 1.54) is 12.4 Å². The van der Waals surface area contributed by atoms with E-state index < -0.39 is 6.43 Å². The highest BCUT2D eigenvalue weighted by Crippen LogP contribution is 2.35. The molecule has 30 heavy (non-hydrogen) atoms. The van der Waals surface area contributed by atoms with Crippen LogP contribution in [0.5, 0.6) is 5.75 Å². The van der Waals surface area contributed by atoms with E-state index in [1.807, 2.05) is 12.1 Å². The SMILES string of the molecule is CCCCOc1ccnc(N2CC[C@@H](C)[C@H](c3cc(C(F)F)nc4ncnn34)C2)c1. The molecule has 0 amide bonds. The molecule has 1 aliphatic heterocycles. The zero-order valence-corrected chi connectivity index (χ0v) is 17.2. The van der Waals surface area contributed by atoms with Gasteiger partial charge in [0.1, 0.15) is 23.6 Å². The quantitative estimate of drug-likeness (QED) is 0.536. The molecule has 0 aromatic carbocycles. The molecule has 1 fully saturated rings. The molecule has 0 spiro atoms. The highest BCUT2D eigenvalue weighted by molar-refractivity contribution is 5.45. The van der Waals surface area contributed by atoms with Crippen LogP contribution in [0.4, 0.5) is 14.6 Å². The number of unbranched alkanes of at least 4 members (excludes halogenated alkanes) is 1. The molecule has 3 aromatic heterocycles. The van der Waals surface area contributed by atoms with Gasteiger partial charge in [-0.3, -0.25) is 0 Å². The van der Waals surface area contributed by atoms with E-state index in [9.17, 15) is 8.78 Å². The fourth-order valence-electron chi connectivity index (χ4n) is 3.89. The number of fused-ring (bicyclic) bond motifs is 1. The number of ether oxygens (including phenoxy) is 1. The third-order valence-electron chi connectivity index (χ3n) is 5.67. The summed E-state index contributed by atoms with van der Waals surface area (Å²) in [7, 11) is 0. The number of anilines is 1. The number of alkyl halides is 2. The third-order valence-corrected chi connectivity index (χ3v) is 5.67. The van der Waals surface area contributed by atoms with Crippen molar-refractivity contribution in [2.24, 2.45) is 5.92 Å². The normalized spacial score (nSPS) is 19.6. The summed E-state index contributed by atoms with van der Waals surface area (Å²) >= 11 is 0. The van der Waals surface area contributed by atoms with E-state index in [0.717, 1.165) is 37.4 Å². The molecule has 9 heteroatoms. The lowest BCUT2D eigenvalue weighted by atomic mass is 9.84. The molecule has 0 saturated carbocycles. The molecule has 1 aliphatic rings. The largest absolute Gasteiger partial charge is 0.493 e. The van der Waals surface area contributed by atoms with Gasteiger partial charge >= 0.3 is 0 Å². The molecule has 0 aliphatic carbocycles. The van der Waals surface area contributed by atoms with Crippen LogP contribution in [0.2, 0.25) is 0 Å². The molecule has 2 atom stereocenters. The van der Waals surface area contributed by atoms with E-state index in [-0.39, 0.29) is 17.4 Å². The molecule has 4 rings (SSSR count). The van der Waals surface area contributed by atoms with Gasteiger partial charge in [-0.25, -0.2) is 23.3 Å². The molecule has 1 saturated heterocycles. The van der Waals surface area contributed by atoms with Crippen LogP contribution in [-0.4, -0.2) is 44.3 Å². The number of hydrogen-bond acceptors (Lipinski definition) is 6. The van der Waals surface area contributed by atoms with Crippen LogP contribution in [0, 0.1) is 5.92 Å². The first-order chi connectivity index (χ1) is 14.6. The van der Waals surface area contributed by atoms with Crippen LogP contribution >= 0.6 is 0 Å². The Hall–Kier alpha value is -2.84. The van der Waals surface area contributed by atoms with Gasteiger partial charge in [-0.05, 0) is 30.9 Å². The molecule has 160 valence electrons. The van der Waals surface area contributed by atoms with Crippen molar-refractivity contribution >= 4 is 11.6 Å². The van der Waals surface area contributed by atoms with Crippen molar-refractivity contribution in [1.82, 2.24) is 24.6 Å². The van der Waals surface area contributed by atoms with Crippen LogP contribution in [0.25, 0.3) is 5.78 Å². The first-order valence-corrected chi connectivity index (χ1v) is 10.4. The molecule has 0 bridgehead atoms. The average Bonchev–Trinajstić information content (AvgIpc) is 3.23. The minimum Gasteiger partial charge on any atom is -0.493 e. The maximum atomic E-state index is 13.4. The van der Waals surface area contributed by atoms with Crippen LogP contribution in [0.15, 0.2) is 30.7 Å². The zero-order valence-electron chi connectivity index (χ0n) is 17.2. The summed E-state index contributed by atoms with van der Waals surface area (Å²) in [5.74, 6) is 2.13. The second-order valence-electron chi connectivity index (χ2n) is 7.75. The second-order valence-corrected chi connectivity index (χ2v) is 7.75. The van der Waals surface area contributed by atoms with Gasteiger partial charge in [-0.2, -0.15) is 10.1 Å². The number of halogens is 2. The van der Waals surface area contributed by atoms with E-state index >= 15 is 0 Å². The van der Waals surface area contributed by atoms with E-state index in [1.54, 1.807) is 10.7 Å². The summed E-state index contributed by atoms with van der Waals surface area (Å²) in [5, 5.41) is 4.23. The highest BCUT2D eigenvalue weighted by Gasteiger charge is 2.31. The fourth-order valence-corrected chi connectivity index (χ4v) is 3.89. The van der Waals surface area contributed by atoms with Gasteiger partial charge in [0, 0.05) is 31.3 Å². The van der Waals surface area contributed by atoms with Gasteiger partial charge in [-0.15, -0.1) is 0 Å². The summed E-state index contributed by atoms with van der Waals surface area (Å²) in [5.41, 5.74) is 0.444. The first kappa shape index (κ1) is 20.4. The van der Waals surface area contributed by atoms with Crippen molar-refractivity contribution in [2.75, 3.05) is 24.6 Å². The second kappa shape index (κ2) is 8.89. The fraction of sp³-hybridized carbons (Fsp3) is 0.524. The Morgan fingerprint density at radius 1 is 1.27 bits per heavy atom. The lowest BCUT2D eigenvalue weighted by Crippen LogP contribution is -2.39. The molecule has 4 heterocycles. The predicted molar refractivity (Wildman–Crippen MR) is 109 cm³/mol. The number of nitrogens with zero attached hydrogens (tertiary/aromatic N) is 6. The zero-order chi connectivity index (χ0) is 21.1. The minimum absolute atomic E-state index is 0.00471. The Labute approximate surface area is 174 Å². The van der Waals surface area contributed by atoms with E-state index in [0.29, 0.717) is 24.8 Å². The smallest absolute Gasteiger partial charge is 0.280 e. The van der Waals surface area contributed by atoms with Gasteiger partial charge in [0.15, 0.2) is 0 Å². The molecule has 3 aromatic rings. The predicted octanol–water partition coefficient (Wildman–Crippen LogP) is 4.27. The minimum atomic E-state index is -2.65. The molecule has 0 N–H and O–H groups in total. The molecule has 0 radical (unpaired) electrons. The summed E-state index contributed by atoms with van der Waals surface area (Å²) in [6.45, 7) is 6.44. The Balaban J connectivity index is 1.61. The van der Waals surface area contributed by atoms with Crippen molar-refractivity contribution in [1.29, 1.82) is 0 Å². The lowest BCUT2D eigenvalue weighted by molar-refractivity contribution is 0.146. The number of aromatic nitrogens is 5. The van der Waals surface area contributed by atoms with Crippen molar-refractivity contribution in [3.63, 3.8) is 0 Å². The molecular formula is C21H26F2N6O. The van der Waals surface area contributed by atoms with Crippen LogP contribution in [0.3, 0.4) is 0 Å². The lowest BCUT2D eigenvalue weighted by Gasteiger charge is -2.38. The Morgan fingerprint density at radius 2 is 2.13 bits per heavy atom. The molecule has 7 nitrogen and oxygen atoms in total. The standard InChI is InChI=1S/C21H26F2N6O/c1-3-4-9-30-15-5-7-24-19(10-15)28-8-6-14(2)16(12-28)18-11-17(20(22)23)27-21-25-13-26-29(18)21/h5,7,10-11,13-14,16,20H,3-4,6,8-9,12H2,1-2H3/t14-,16-/m1/s1. The van der Waals surface area contributed by atoms with Crippen molar-refractivity contribution < 1.29 is 13.5 Å². The van der Waals surface area contributed by atoms with Gasteiger partial charge in [0.2, 0.25) is 0 Å². The Kier molecular flexibility index (Phi) is 6.06. The maximum Gasteiger partial charge on any atom is 0.280 e. The van der Waals surface area contributed by atoms with E-state index in [4.69, 9.17) is 4.74 Å². The number of pyridine rings is 1. The van der Waals surface area contributed by atoms with Crippen LogP contribution in [0.1, 0.15) is 56.8 Å². The number of rotatable bonds is 7. The van der Waals surface area contributed by atoms with Crippen LogP contribution < -0.4 is 9.64 Å². The topological polar surface area (TPSA) is 68.4 Å². The summed E-state index contributed by atoms with van der Waals surface area (Å²) < 4.78 is 34.2. The number of hydrogen-bond donors (Lipinski definition) is 0. The summed E-state index contributed by atoms with van der Waals surface area (Å²) in [6.07, 6.45) is 3.44. The Bertz CT molecular complexity index is 995. The van der Waals surface area contributed by atoms with Crippen molar-refractivity contribution in [3.8, 4) is 5.75 Å². The highest BCUT2D eigenvalue weighted by atomic mass is 19.3. The van der Waals surface area contributed by atoms with Crippen molar-refractivity contribution in [3.05, 3.63) is 42.1 Å². The first-order valence-electron chi connectivity index (χ1n) is 10.4. The van der Waals surface area contributed by atoms with Gasteiger partial charge in [0.05, 0.1) is 12.3 Å². The van der Waals surface area contributed by atoms with Gasteiger partial charge < -0.3 is 9.64 Å². The number of piperidine rings is 1. The molecular weight excluding hydrogens is 390 g/mol. The van der Waals surface area contributed by atoms with Crippen molar-refractivity contribution in [2.45, 2.75) is 45.5 Å². The maximum absolute atomic E-state index is 13.4. The summed E-state index contributed by atoms with van der Waals surface area (Å²) in [4.78, 5) is 14.7. The average molecular weight is 416 g/mol. The Morgan fingerprint density at radius 3 is 2.93 bits per heavy atom. The van der Waals surface area contributed by atoms with Gasteiger partial charge in [-0.1, -0.05) is 20.3 Å². The monoisotopic (exact) mass is 416 g/mol. The van der Waals surface area contributed by atoms with Crippen LogP contribution in [-0.2, 0) is 0 Å².